The Morgan fingerprint density at radius 2 is 1.75 bits per heavy atom. The molecule has 1 unspecified atom stereocenters. The second-order valence-electron chi connectivity index (χ2n) is 5.23. The summed E-state index contributed by atoms with van der Waals surface area (Å²) in [5.41, 5.74) is 9.39. The molecule has 20 heavy (non-hydrogen) atoms. The van der Waals surface area contributed by atoms with Crippen LogP contribution in [0.25, 0.3) is 0 Å². The fourth-order valence-corrected chi connectivity index (χ4v) is 2.24. The van der Waals surface area contributed by atoms with Gasteiger partial charge in [-0.25, -0.2) is 0 Å². The number of halogens is 1. The molecule has 0 aliphatic rings. The number of rotatable bonds is 4. The van der Waals surface area contributed by atoms with Gasteiger partial charge in [0.05, 0.1) is 12.1 Å². The molecule has 2 aromatic rings. The van der Waals surface area contributed by atoms with Crippen molar-refractivity contribution in [2.45, 2.75) is 32.9 Å². The van der Waals surface area contributed by atoms with E-state index in [4.69, 9.17) is 22.1 Å². The van der Waals surface area contributed by atoms with Crippen LogP contribution in [0.1, 0.15) is 36.6 Å². The Labute approximate surface area is 125 Å². The van der Waals surface area contributed by atoms with E-state index in [-0.39, 0.29) is 12.1 Å². The first kappa shape index (κ1) is 14.9. The van der Waals surface area contributed by atoms with Gasteiger partial charge in [0, 0.05) is 5.02 Å². The maximum atomic E-state index is 6.32. The number of hydrogen-bond donors (Lipinski definition) is 1. The minimum absolute atomic E-state index is 0.148. The van der Waals surface area contributed by atoms with E-state index < -0.39 is 0 Å². The van der Waals surface area contributed by atoms with E-state index in [1.165, 1.54) is 0 Å². The molecular formula is C17H20ClNO. The summed E-state index contributed by atoms with van der Waals surface area (Å²) in [4.78, 5) is 0. The number of aryl methyl sites for hydroxylation is 1. The molecule has 2 aromatic carbocycles. The molecule has 2 nitrogen and oxygen atoms in total. The lowest BCUT2D eigenvalue weighted by Gasteiger charge is -2.16. The zero-order valence-electron chi connectivity index (χ0n) is 12.1. The molecule has 1 atom stereocenters. The van der Waals surface area contributed by atoms with Gasteiger partial charge in [-0.3, -0.25) is 0 Å². The van der Waals surface area contributed by atoms with E-state index in [0.717, 1.165) is 27.5 Å². The van der Waals surface area contributed by atoms with E-state index >= 15 is 0 Å². The van der Waals surface area contributed by atoms with Gasteiger partial charge in [-0.15, -0.1) is 0 Å². The molecule has 0 heterocycles. The van der Waals surface area contributed by atoms with Gasteiger partial charge in [0.1, 0.15) is 5.75 Å². The number of ether oxygens (including phenoxy) is 1. The molecular weight excluding hydrogens is 270 g/mol. The molecule has 0 bridgehead atoms. The van der Waals surface area contributed by atoms with Gasteiger partial charge in [0.25, 0.3) is 0 Å². The lowest BCUT2D eigenvalue weighted by atomic mass is 9.98. The van der Waals surface area contributed by atoms with Crippen LogP contribution in [0.15, 0.2) is 42.5 Å². The van der Waals surface area contributed by atoms with Crippen LogP contribution in [0.5, 0.6) is 5.75 Å². The van der Waals surface area contributed by atoms with Crippen LogP contribution in [-0.2, 0) is 0 Å². The lowest BCUT2D eigenvalue weighted by molar-refractivity contribution is 0.242. The average Bonchev–Trinajstić information content (AvgIpc) is 2.40. The highest BCUT2D eigenvalue weighted by molar-refractivity contribution is 6.31. The Morgan fingerprint density at radius 3 is 2.40 bits per heavy atom. The molecule has 0 saturated heterocycles. The van der Waals surface area contributed by atoms with E-state index in [1.807, 2.05) is 63.2 Å². The minimum atomic E-state index is -0.205. The van der Waals surface area contributed by atoms with Gasteiger partial charge in [-0.05, 0) is 55.7 Å². The van der Waals surface area contributed by atoms with Crippen molar-refractivity contribution in [3.63, 3.8) is 0 Å². The van der Waals surface area contributed by atoms with Crippen molar-refractivity contribution < 1.29 is 4.74 Å². The molecule has 0 aliphatic carbocycles. The van der Waals surface area contributed by atoms with Crippen LogP contribution < -0.4 is 10.5 Å². The summed E-state index contributed by atoms with van der Waals surface area (Å²) in [5, 5.41) is 0.743. The lowest BCUT2D eigenvalue weighted by Crippen LogP contribution is -2.12. The molecule has 2 N–H and O–H groups in total. The number of nitrogens with two attached hydrogens (primary N) is 1. The first-order valence-corrected chi connectivity index (χ1v) is 7.13. The fourth-order valence-electron chi connectivity index (χ4n) is 2.05. The van der Waals surface area contributed by atoms with Crippen molar-refractivity contribution in [2.24, 2.45) is 5.73 Å². The van der Waals surface area contributed by atoms with Crippen LogP contribution >= 0.6 is 11.6 Å². The monoisotopic (exact) mass is 289 g/mol. The normalized spacial score (nSPS) is 12.5. The first-order valence-electron chi connectivity index (χ1n) is 6.75. The van der Waals surface area contributed by atoms with Crippen LogP contribution in [0.3, 0.4) is 0 Å². The van der Waals surface area contributed by atoms with Crippen molar-refractivity contribution in [1.29, 1.82) is 0 Å². The smallest absolute Gasteiger partial charge is 0.120 e. The fraction of sp³-hybridized carbons (Fsp3) is 0.294. The molecule has 0 radical (unpaired) electrons. The van der Waals surface area contributed by atoms with Gasteiger partial charge in [0.15, 0.2) is 0 Å². The van der Waals surface area contributed by atoms with Crippen molar-refractivity contribution in [3.8, 4) is 5.75 Å². The summed E-state index contributed by atoms with van der Waals surface area (Å²) in [6.07, 6.45) is 0.148. The summed E-state index contributed by atoms with van der Waals surface area (Å²) in [7, 11) is 0. The maximum absolute atomic E-state index is 6.32. The third-order valence-corrected chi connectivity index (χ3v) is 3.55. The molecule has 0 fully saturated rings. The summed E-state index contributed by atoms with van der Waals surface area (Å²) in [5.74, 6) is 0.839. The summed E-state index contributed by atoms with van der Waals surface area (Å²) in [6, 6.07) is 13.6. The molecule has 0 spiro atoms. The number of benzene rings is 2. The number of hydrogen-bond acceptors (Lipinski definition) is 2. The van der Waals surface area contributed by atoms with E-state index in [9.17, 15) is 0 Å². The van der Waals surface area contributed by atoms with Gasteiger partial charge in [-0.1, -0.05) is 35.9 Å². The predicted octanol–water partition coefficient (Wildman–Crippen LogP) is 4.48. The summed E-state index contributed by atoms with van der Waals surface area (Å²) in [6.45, 7) is 5.99. The van der Waals surface area contributed by atoms with E-state index in [1.54, 1.807) is 0 Å². The molecule has 0 amide bonds. The maximum Gasteiger partial charge on any atom is 0.120 e. The van der Waals surface area contributed by atoms with Gasteiger partial charge in [0.2, 0.25) is 0 Å². The molecule has 0 saturated carbocycles. The van der Waals surface area contributed by atoms with Crippen molar-refractivity contribution >= 4 is 11.6 Å². The predicted molar refractivity (Wildman–Crippen MR) is 84.4 cm³/mol. The van der Waals surface area contributed by atoms with Crippen molar-refractivity contribution in [3.05, 3.63) is 64.2 Å². The van der Waals surface area contributed by atoms with E-state index in [0.29, 0.717) is 0 Å². The Kier molecular flexibility index (Phi) is 4.69. The second-order valence-corrected chi connectivity index (χ2v) is 5.63. The van der Waals surface area contributed by atoms with Crippen LogP contribution in [0.4, 0.5) is 0 Å². The van der Waals surface area contributed by atoms with Crippen molar-refractivity contribution in [1.82, 2.24) is 0 Å². The van der Waals surface area contributed by atoms with E-state index in [2.05, 4.69) is 0 Å². The quantitative estimate of drug-likeness (QED) is 0.900. The molecule has 3 heteroatoms. The standard InChI is InChI=1S/C17H20ClNO/c1-11(2)20-15-6-4-5-13(9-15)17(19)14-8-7-12(3)16(18)10-14/h4-11,17H,19H2,1-3H3. The molecule has 2 rings (SSSR count). The Bertz CT molecular complexity index is 595. The topological polar surface area (TPSA) is 35.2 Å². The minimum Gasteiger partial charge on any atom is -0.491 e. The highest BCUT2D eigenvalue weighted by atomic mass is 35.5. The first-order chi connectivity index (χ1) is 9.47. The highest BCUT2D eigenvalue weighted by Gasteiger charge is 2.11. The van der Waals surface area contributed by atoms with Crippen LogP contribution in [0.2, 0.25) is 5.02 Å². The Balaban J connectivity index is 2.28. The largest absolute Gasteiger partial charge is 0.491 e. The van der Waals surface area contributed by atoms with Gasteiger partial charge < -0.3 is 10.5 Å². The molecule has 106 valence electrons. The second kappa shape index (κ2) is 6.29. The zero-order chi connectivity index (χ0) is 14.7. The zero-order valence-corrected chi connectivity index (χ0v) is 12.8. The Hall–Kier alpha value is -1.51. The van der Waals surface area contributed by atoms with Gasteiger partial charge >= 0.3 is 0 Å². The molecule has 0 aromatic heterocycles. The van der Waals surface area contributed by atoms with Crippen molar-refractivity contribution in [2.75, 3.05) is 0 Å². The summed E-state index contributed by atoms with van der Waals surface area (Å²) >= 11 is 6.17. The van der Waals surface area contributed by atoms with Crippen LogP contribution in [0, 0.1) is 6.92 Å². The van der Waals surface area contributed by atoms with Crippen LogP contribution in [-0.4, -0.2) is 6.10 Å². The highest BCUT2D eigenvalue weighted by Crippen LogP contribution is 2.26. The SMILES string of the molecule is Cc1ccc(C(N)c2cccc(OC(C)C)c2)cc1Cl. The van der Waals surface area contributed by atoms with Gasteiger partial charge in [-0.2, -0.15) is 0 Å². The Morgan fingerprint density at radius 1 is 1.05 bits per heavy atom. The summed E-state index contributed by atoms with van der Waals surface area (Å²) < 4.78 is 5.70. The third-order valence-electron chi connectivity index (χ3n) is 3.14. The third kappa shape index (κ3) is 3.53. The molecule has 0 aliphatic heterocycles. The average molecular weight is 290 g/mol.